The van der Waals surface area contributed by atoms with Crippen LogP contribution in [0.2, 0.25) is 5.22 Å². The minimum atomic E-state index is -0.416. The maximum absolute atomic E-state index is 9.46. The Morgan fingerprint density at radius 3 is 3.00 bits per heavy atom. The van der Waals surface area contributed by atoms with Gasteiger partial charge < -0.3 is 14.3 Å². The predicted molar refractivity (Wildman–Crippen MR) is 62.4 cm³/mol. The number of furan rings is 1. The average Bonchev–Trinajstić information content (AvgIpc) is 2.61. The van der Waals surface area contributed by atoms with Crippen LogP contribution in [0.5, 0.6) is 0 Å². The van der Waals surface area contributed by atoms with Crippen molar-refractivity contribution in [2.45, 2.75) is 18.8 Å². The van der Waals surface area contributed by atoms with Crippen molar-refractivity contribution in [3.63, 3.8) is 0 Å². The van der Waals surface area contributed by atoms with Gasteiger partial charge in [-0.2, -0.15) is 11.8 Å². The van der Waals surface area contributed by atoms with E-state index in [2.05, 4.69) is 0 Å². The SMILES string of the molecule is CCOCC(O)CSCc1ccc(Cl)o1. The van der Waals surface area contributed by atoms with Crippen LogP contribution in [0.1, 0.15) is 12.7 Å². The van der Waals surface area contributed by atoms with E-state index in [1.165, 1.54) is 0 Å². The molecule has 0 fully saturated rings. The van der Waals surface area contributed by atoms with E-state index < -0.39 is 6.10 Å². The van der Waals surface area contributed by atoms with Gasteiger partial charge in [0.1, 0.15) is 5.76 Å². The van der Waals surface area contributed by atoms with Crippen molar-refractivity contribution in [3.05, 3.63) is 23.1 Å². The fourth-order valence-corrected chi connectivity index (χ4v) is 2.03. The molecule has 1 aromatic heterocycles. The minimum Gasteiger partial charge on any atom is -0.449 e. The second-order valence-corrected chi connectivity index (χ2v) is 4.44. The first kappa shape index (κ1) is 12.9. The molecule has 1 atom stereocenters. The molecule has 0 spiro atoms. The zero-order valence-corrected chi connectivity index (χ0v) is 10.2. The molecule has 1 N–H and O–H groups in total. The molecule has 1 rings (SSSR count). The predicted octanol–water partition coefficient (Wildman–Crippen LogP) is 2.56. The summed E-state index contributed by atoms with van der Waals surface area (Å²) < 4.78 is 10.3. The zero-order chi connectivity index (χ0) is 11.1. The Kier molecular flexibility index (Phi) is 6.17. The molecular weight excluding hydrogens is 236 g/mol. The fraction of sp³-hybridized carbons (Fsp3) is 0.600. The van der Waals surface area contributed by atoms with Crippen LogP contribution in [0.25, 0.3) is 0 Å². The lowest BCUT2D eigenvalue weighted by atomic mass is 10.4. The number of halogens is 1. The first-order chi connectivity index (χ1) is 7.22. The van der Waals surface area contributed by atoms with Crippen molar-refractivity contribution in [1.29, 1.82) is 0 Å². The summed E-state index contributed by atoms with van der Waals surface area (Å²) in [7, 11) is 0. The van der Waals surface area contributed by atoms with E-state index in [9.17, 15) is 5.11 Å². The summed E-state index contributed by atoms with van der Waals surface area (Å²) in [4.78, 5) is 0. The highest BCUT2D eigenvalue weighted by molar-refractivity contribution is 7.98. The number of hydrogen-bond acceptors (Lipinski definition) is 4. The summed E-state index contributed by atoms with van der Waals surface area (Å²) in [6.45, 7) is 2.93. The lowest BCUT2D eigenvalue weighted by Gasteiger charge is -2.08. The van der Waals surface area contributed by atoms with E-state index in [4.69, 9.17) is 20.8 Å². The number of thioether (sulfide) groups is 1. The van der Waals surface area contributed by atoms with Gasteiger partial charge in [-0.1, -0.05) is 0 Å². The van der Waals surface area contributed by atoms with Gasteiger partial charge in [0.2, 0.25) is 0 Å². The maximum atomic E-state index is 9.46. The van der Waals surface area contributed by atoms with Crippen molar-refractivity contribution < 1.29 is 14.3 Å². The molecule has 1 aromatic rings. The van der Waals surface area contributed by atoms with Crippen LogP contribution in [-0.4, -0.2) is 30.2 Å². The van der Waals surface area contributed by atoms with E-state index in [1.807, 2.05) is 13.0 Å². The molecule has 0 aliphatic heterocycles. The maximum Gasteiger partial charge on any atom is 0.193 e. The van der Waals surface area contributed by atoms with Gasteiger partial charge in [-0.3, -0.25) is 0 Å². The van der Waals surface area contributed by atoms with Crippen LogP contribution in [0.3, 0.4) is 0 Å². The molecule has 0 bridgehead atoms. The third-order valence-electron chi connectivity index (χ3n) is 1.70. The first-order valence-electron chi connectivity index (χ1n) is 4.80. The fourth-order valence-electron chi connectivity index (χ4n) is 1.03. The highest BCUT2D eigenvalue weighted by Crippen LogP contribution is 2.18. The molecule has 0 aliphatic rings. The molecule has 86 valence electrons. The molecule has 5 heteroatoms. The Bertz CT molecular complexity index is 277. The number of hydrogen-bond donors (Lipinski definition) is 1. The van der Waals surface area contributed by atoms with E-state index in [0.29, 0.717) is 24.2 Å². The molecule has 0 radical (unpaired) electrons. The number of rotatable bonds is 7. The van der Waals surface area contributed by atoms with Crippen LogP contribution in [0.4, 0.5) is 0 Å². The van der Waals surface area contributed by atoms with Crippen LogP contribution < -0.4 is 0 Å². The largest absolute Gasteiger partial charge is 0.449 e. The third kappa shape index (κ3) is 5.47. The Morgan fingerprint density at radius 1 is 1.60 bits per heavy atom. The van der Waals surface area contributed by atoms with Crippen LogP contribution in [0, 0.1) is 0 Å². The first-order valence-corrected chi connectivity index (χ1v) is 6.33. The van der Waals surface area contributed by atoms with E-state index >= 15 is 0 Å². The van der Waals surface area contributed by atoms with E-state index in [1.54, 1.807) is 17.8 Å². The standard InChI is InChI=1S/C10H15ClO3S/c1-2-13-5-8(12)6-15-7-9-3-4-10(11)14-9/h3-4,8,12H,2,5-7H2,1H3. The Hall–Kier alpha value is -0.160. The molecule has 0 saturated carbocycles. The number of aliphatic hydroxyl groups excluding tert-OH is 1. The van der Waals surface area contributed by atoms with E-state index in [-0.39, 0.29) is 0 Å². The van der Waals surface area contributed by atoms with Crippen molar-refractivity contribution >= 4 is 23.4 Å². The summed E-state index contributed by atoms with van der Waals surface area (Å²) in [5.74, 6) is 2.18. The van der Waals surface area contributed by atoms with Gasteiger partial charge in [-0.15, -0.1) is 0 Å². The topological polar surface area (TPSA) is 42.6 Å². The van der Waals surface area contributed by atoms with Gasteiger partial charge in [-0.25, -0.2) is 0 Å². The molecule has 1 heterocycles. The van der Waals surface area contributed by atoms with Crippen molar-refractivity contribution in [3.8, 4) is 0 Å². The quantitative estimate of drug-likeness (QED) is 0.808. The van der Waals surface area contributed by atoms with Crippen molar-refractivity contribution in [2.24, 2.45) is 0 Å². The van der Waals surface area contributed by atoms with Crippen molar-refractivity contribution in [1.82, 2.24) is 0 Å². The summed E-state index contributed by atoms with van der Waals surface area (Å²) in [5, 5.41) is 9.86. The molecule has 0 saturated heterocycles. The average molecular weight is 251 g/mol. The summed E-state index contributed by atoms with van der Waals surface area (Å²) in [5.41, 5.74) is 0. The third-order valence-corrected chi connectivity index (χ3v) is 3.01. The summed E-state index contributed by atoms with van der Waals surface area (Å²) in [6, 6.07) is 3.55. The van der Waals surface area contributed by atoms with Crippen LogP contribution >= 0.6 is 23.4 Å². The normalized spacial score (nSPS) is 13.0. The van der Waals surface area contributed by atoms with Gasteiger partial charge in [-0.05, 0) is 30.7 Å². The second kappa shape index (κ2) is 7.17. The summed E-state index contributed by atoms with van der Waals surface area (Å²) >= 11 is 7.22. The van der Waals surface area contributed by atoms with Crippen LogP contribution in [-0.2, 0) is 10.5 Å². The number of ether oxygens (including phenoxy) is 1. The Morgan fingerprint density at radius 2 is 2.40 bits per heavy atom. The monoisotopic (exact) mass is 250 g/mol. The van der Waals surface area contributed by atoms with Gasteiger partial charge in [0, 0.05) is 12.4 Å². The van der Waals surface area contributed by atoms with Gasteiger partial charge in [0.25, 0.3) is 0 Å². The molecule has 15 heavy (non-hydrogen) atoms. The Labute approximate surface area is 98.7 Å². The summed E-state index contributed by atoms with van der Waals surface area (Å²) in [6.07, 6.45) is -0.416. The lowest BCUT2D eigenvalue weighted by molar-refractivity contribution is 0.0551. The lowest BCUT2D eigenvalue weighted by Crippen LogP contribution is -2.17. The van der Waals surface area contributed by atoms with Gasteiger partial charge >= 0.3 is 0 Å². The molecular formula is C10H15ClO3S. The minimum absolute atomic E-state index is 0.391. The van der Waals surface area contributed by atoms with Crippen LogP contribution in [0.15, 0.2) is 16.5 Å². The van der Waals surface area contributed by atoms with E-state index in [0.717, 1.165) is 11.5 Å². The smallest absolute Gasteiger partial charge is 0.193 e. The Balaban J connectivity index is 2.10. The van der Waals surface area contributed by atoms with Gasteiger partial charge in [0.05, 0.1) is 18.5 Å². The molecule has 1 unspecified atom stereocenters. The zero-order valence-electron chi connectivity index (χ0n) is 8.61. The molecule has 3 nitrogen and oxygen atoms in total. The molecule has 0 aliphatic carbocycles. The second-order valence-electron chi connectivity index (χ2n) is 3.03. The van der Waals surface area contributed by atoms with Crippen molar-refractivity contribution in [2.75, 3.05) is 19.0 Å². The highest BCUT2D eigenvalue weighted by atomic mass is 35.5. The molecule has 0 amide bonds. The molecule has 0 aromatic carbocycles. The highest BCUT2D eigenvalue weighted by Gasteiger charge is 2.05. The van der Waals surface area contributed by atoms with Gasteiger partial charge in [0.15, 0.2) is 5.22 Å². The number of aliphatic hydroxyl groups is 1.